The summed E-state index contributed by atoms with van der Waals surface area (Å²) in [5.41, 5.74) is 0.504. The zero-order valence-corrected chi connectivity index (χ0v) is 9.89. The van der Waals surface area contributed by atoms with E-state index in [9.17, 15) is 8.42 Å². The summed E-state index contributed by atoms with van der Waals surface area (Å²) >= 11 is 0. The minimum Gasteiger partial charge on any atom is -0.481 e. The summed E-state index contributed by atoms with van der Waals surface area (Å²) in [6.45, 7) is 1.64. The molecule has 0 aromatic carbocycles. The number of hydrogen-bond donors (Lipinski definition) is 0. The van der Waals surface area contributed by atoms with Crippen LogP contribution in [0.4, 0.5) is 0 Å². The normalized spacial score (nSPS) is 11.2. The van der Waals surface area contributed by atoms with Crippen LogP contribution < -0.4 is 9.47 Å². The summed E-state index contributed by atoms with van der Waals surface area (Å²) in [4.78, 5) is 7.27. The van der Waals surface area contributed by atoms with Crippen LogP contribution in [0, 0.1) is 6.92 Å². The SMILES string of the molecule is COc1nc(S(=O)(=O)Cl)nc(OC)c1C. The number of halogens is 1. The second-order valence-corrected chi connectivity index (χ2v) is 5.05. The first kappa shape index (κ1) is 12.0. The third-order valence-electron chi connectivity index (χ3n) is 1.64. The standard InChI is InChI=1S/C7H9ClN2O4S/c1-4-5(13-2)9-7(15(8,11)12)10-6(4)14-3/h1-3H3. The Morgan fingerprint density at radius 2 is 1.53 bits per heavy atom. The van der Waals surface area contributed by atoms with E-state index in [0.29, 0.717) is 5.56 Å². The van der Waals surface area contributed by atoms with Gasteiger partial charge in [-0.2, -0.15) is 9.97 Å². The highest BCUT2D eigenvalue weighted by Crippen LogP contribution is 2.25. The van der Waals surface area contributed by atoms with Gasteiger partial charge in [0.2, 0.25) is 11.8 Å². The predicted octanol–water partition coefficient (Wildman–Crippen LogP) is 0.730. The van der Waals surface area contributed by atoms with Crippen LogP contribution >= 0.6 is 10.7 Å². The largest absolute Gasteiger partial charge is 0.481 e. The molecule has 8 heteroatoms. The maximum absolute atomic E-state index is 11.0. The molecule has 0 saturated carbocycles. The third-order valence-corrected chi connectivity index (χ3v) is 2.67. The maximum Gasteiger partial charge on any atom is 0.297 e. The lowest BCUT2D eigenvalue weighted by molar-refractivity contribution is 0.357. The van der Waals surface area contributed by atoms with Crippen molar-refractivity contribution in [2.75, 3.05) is 14.2 Å². The molecule has 0 aliphatic rings. The van der Waals surface area contributed by atoms with Gasteiger partial charge in [0, 0.05) is 10.7 Å². The molecule has 84 valence electrons. The summed E-state index contributed by atoms with van der Waals surface area (Å²) in [5, 5.41) is -0.538. The molecular formula is C7H9ClN2O4S. The molecule has 0 bridgehead atoms. The zero-order valence-electron chi connectivity index (χ0n) is 8.31. The molecule has 0 aliphatic heterocycles. The molecule has 0 N–H and O–H groups in total. The van der Waals surface area contributed by atoms with Crippen molar-refractivity contribution in [2.45, 2.75) is 12.1 Å². The van der Waals surface area contributed by atoms with E-state index in [2.05, 4.69) is 9.97 Å². The molecule has 0 saturated heterocycles. The molecule has 0 fully saturated rings. The smallest absolute Gasteiger partial charge is 0.297 e. The van der Waals surface area contributed by atoms with E-state index in [0.717, 1.165) is 0 Å². The lowest BCUT2D eigenvalue weighted by atomic mass is 10.3. The monoisotopic (exact) mass is 252 g/mol. The summed E-state index contributed by atoms with van der Waals surface area (Å²) in [6, 6.07) is 0. The number of hydrogen-bond acceptors (Lipinski definition) is 6. The van der Waals surface area contributed by atoms with E-state index in [1.54, 1.807) is 6.92 Å². The predicted molar refractivity (Wildman–Crippen MR) is 52.9 cm³/mol. The molecule has 0 spiro atoms. The van der Waals surface area contributed by atoms with Gasteiger partial charge in [-0.25, -0.2) is 8.42 Å². The molecule has 0 unspecified atom stereocenters. The van der Waals surface area contributed by atoms with Crippen LogP contribution in [0.3, 0.4) is 0 Å². The summed E-state index contributed by atoms with van der Waals surface area (Å²) in [7, 11) is 3.83. The van der Waals surface area contributed by atoms with Gasteiger partial charge in [0.05, 0.1) is 19.8 Å². The van der Waals surface area contributed by atoms with E-state index in [4.69, 9.17) is 20.2 Å². The van der Waals surface area contributed by atoms with Gasteiger partial charge in [-0.3, -0.25) is 0 Å². The van der Waals surface area contributed by atoms with Gasteiger partial charge in [-0.15, -0.1) is 0 Å². The molecule has 0 amide bonds. The average Bonchev–Trinajstić information content (AvgIpc) is 2.16. The third kappa shape index (κ3) is 2.48. The number of nitrogens with zero attached hydrogens (tertiary/aromatic N) is 2. The minimum absolute atomic E-state index is 0.112. The van der Waals surface area contributed by atoms with E-state index < -0.39 is 14.2 Å². The fourth-order valence-corrected chi connectivity index (χ4v) is 1.56. The minimum atomic E-state index is -3.99. The van der Waals surface area contributed by atoms with Crippen LogP contribution in [0.25, 0.3) is 0 Å². The number of aromatic nitrogens is 2. The van der Waals surface area contributed by atoms with E-state index in [-0.39, 0.29) is 11.8 Å². The van der Waals surface area contributed by atoms with Crippen LogP contribution in [-0.2, 0) is 9.05 Å². The molecular weight excluding hydrogens is 244 g/mol. The van der Waals surface area contributed by atoms with Gasteiger partial charge in [0.25, 0.3) is 14.2 Å². The first-order valence-electron chi connectivity index (χ1n) is 3.81. The Balaban J connectivity index is 3.47. The summed E-state index contributed by atoms with van der Waals surface area (Å²) < 4.78 is 31.8. The second kappa shape index (κ2) is 4.19. The molecule has 1 aromatic rings. The molecule has 15 heavy (non-hydrogen) atoms. The zero-order chi connectivity index (χ0) is 11.6. The van der Waals surface area contributed by atoms with Gasteiger partial charge in [-0.05, 0) is 6.92 Å². The molecule has 6 nitrogen and oxygen atoms in total. The van der Waals surface area contributed by atoms with E-state index in [1.165, 1.54) is 14.2 Å². The average molecular weight is 253 g/mol. The quantitative estimate of drug-likeness (QED) is 0.583. The van der Waals surface area contributed by atoms with Crippen molar-refractivity contribution >= 4 is 19.7 Å². The van der Waals surface area contributed by atoms with Crippen LogP contribution in [0.1, 0.15) is 5.56 Å². The Morgan fingerprint density at radius 3 is 1.80 bits per heavy atom. The van der Waals surface area contributed by atoms with Crippen molar-refractivity contribution in [3.63, 3.8) is 0 Å². The van der Waals surface area contributed by atoms with Crippen molar-refractivity contribution in [3.8, 4) is 11.8 Å². The van der Waals surface area contributed by atoms with Gasteiger partial charge >= 0.3 is 0 Å². The van der Waals surface area contributed by atoms with Gasteiger partial charge in [0.1, 0.15) is 0 Å². The highest BCUT2D eigenvalue weighted by Gasteiger charge is 2.20. The van der Waals surface area contributed by atoms with Crippen molar-refractivity contribution < 1.29 is 17.9 Å². The van der Waals surface area contributed by atoms with Gasteiger partial charge < -0.3 is 9.47 Å². The number of ether oxygens (including phenoxy) is 2. The van der Waals surface area contributed by atoms with Crippen molar-refractivity contribution in [1.82, 2.24) is 9.97 Å². The molecule has 0 atom stereocenters. The molecule has 1 rings (SSSR count). The van der Waals surface area contributed by atoms with Crippen LogP contribution in [0.2, 0.25) is 0 Å². The van der Waals surface area contributed by atoms with Crippen LogP contribution in [-0.4, -0.2) is 32.6 Å². The first-order chi connectivity index (χ1) is 6.90. The fraction of sp³-hybridized carbons (Fsp3) is 0.429. The van der Waals surface area contributed by atoms with E-state index >= 15 is 0 Å². The Hall–Kier alpha value is -1.08. The lowest BCUT2D eigenvalue weighted by Crippen LogP contribution is -2.05. The molecule has 1 heterocycles. The first-order valence-corrected chi connectivity index (χ1v) is 6.12. The summed E-state index contributed by atoms with van der Waals surface area (Å²) in [5.74, 6) is 0.224. The lowest BCUT2D eigenvalue weighted by Gasteiger charge is -2.08. The van der Waals surface area contributed by atoms with Crippen LogP contribution in [0.5, 0.6) is 11.8 Å². The van der Waals surface area contributed by atoms with Gasteiger partial charge in [0.15, 0.2) is 0 Å². The van der Waals surface area contributed by atoms with Crippen molar-refractivity contribution in [1.29, 1.82) is 0 Å². The van der Waals surface area contributed by atoms with Crippen LogP contribution in [0.15, 0.2) is 5.16 Å². The fourth-order valence-electron chi connectivity index (χ4n) is 0.964. The Kier molecular flexibility index (Phi) is 3.35. The highest BCUT2D eigenvalue weighted by atomic mass is 35.7. The Bertz CT molecular complexity index is 449. The van der Waals surface area contributed by atoms with Crippen molar-refractivity contribution in [3.05, 3.63) is 5.56 Å². The maximum atomic E-state index is 11.0. The topological polar surface area (TPSA) is 78.4 Å². The van der Waals surface area contributed by atoms with Crippen molar-refractivity contribution in [2.24, 2.45) is 0 Å². The number of rotatable bonds is 3. The summed E-state index contributed by atoms with van der Waals surface area (Å²) in [6.07, 6.45) is 0. The molecule has 0 radical (unpaired) electrons. The van der Waals surface area contributed by atoms with Gasteiger partial charge in [-0.1, -0.05) is 0 Å². The van der Waals surface area contributed by atoms with E-state index in [1.807, 2.05) is 0 Å². The number of methoxy groups -OCH3 is 2. The molecule has 0 aliphatic carbocycles. The molecule has 1 aromatic heterocycles. The highest BCUT2D eigenvalue weighted by molar-refractivity contribution is 8.13. The Morgan fingerprint density at radius 1 is 1.13 bits per heavy atom. The second-order valence-electron chi connectivity index (χ2n) is 2.59. The Labute approximate surface area is 91.6 Å².